The first-order valence-electron chi connectivity index (χ1n) is 8.78. The van der Waals surface area contributed by atoms with Crippen molar-refractivity contribution < 1.29 is 23.5 Å². The zero-order valence-electron chi connectivity index (χ0n) is 15.0. The Morgan fingerprint density at radius 3 is 2.52 bits per heavy atom. The molecule has 4 rings (SSSR count). The molecule has 1 saturated heterocycles. The summed E-state index contributed by atoms with van der Waals surface area (Å²) in [5, 5.41) is 11.3. The summed E-state index contributed by atoms with van der Waals surface area (Å²) in [6.07, 6.45) is 1.46. The zero-order chi connectivity index (χ0) is 20.5. The van der Waals surface area contributed by atoms with Crippen LogP contribution in [-0.4, -0.2) is 21.7 Å². The molecule has 146 valence electrons. The number of hydrogen-bond donors (Lipinski definition) is 1. The van der Waals surface area contributed by atoms with Crippen LogP contribution in [0.25, 0.3) is 5.76 Å². The number of Topliss-reactive ketones (excluding diaryl/α,β-unsaturated/α-hetero) is 1. The minimum absolute atomic E-state index is 0.00382. The highest BCUT2D eigenvalue weighted by atomic mass is 35.5. The number of likely N-dealkylation sites (tertiary alicyclic amines) is 1. The van der Waals surface area contributed by atoms with Gasteiger partial charge in [-0.1, -0.05) is 23.7 Å². The van der Waals surface area contributed by atoms with Crippen LogP contribution in [0.2, 0.25) is 5.02 Å². The first kappa shape index (κ1) is 19.0. The average Bonchev–Trinajstić information content (AvgIpc) is 3.30. The van der Waals surface area contributed by atoms with Gasteiger partial charge in [-0.3, -0.25) is 9.59 Å². The van der Waals surface area contributed by atoms with E-state index in [9.17, 15) is 19.1 Å². The highest BCUT2D eigenvalue weighted by molar-refractivity contribution is 6.46. The molecule has 29 heavy (non-hydrogen) atoms. The smallest absolute Gasteiger partial charge is 0.296 e. The van der Waals surface area contributed by atoms with Crippen molar-refractivity contribution >= 4 is 29.1 Å². The number of nitrogens with zero attached hydrogens (tertiary/aromatic N) is 1. The molecule has 1 fully saturated rings. The average molecular weight is 412 g/mol. The molecular weight excluding hydrogens is 397 g/mol. The van der Waals surface area contributed by atoms with Gasteiger partial charge >= 0.3 is 0 Å². The molecule has 0 spiro atoms. The highest BCUT2D eigenvalue weighted by Gasteiger charge is 2.46. The Hall–Kier alpha value is -3.38. The van der Waals surface area contributed by atoms with E-state index in [0.717, 1.165) is 0 Å². The molecule has 0 aliphatic carbocycles. The third kappa shape index (κ3) is 3.54. The fourth-order valence-corrected chi connectivity index (χ4v) is 3.53. The minimum Gasteiger partial charge on any atom is -0.507 e. The topological polar surface area (TPSA) is 70.8 Å². The maximum atomic E-state index is 13.9. The Morgan fingerprint density at radius 2 is 1.86 bits per heavy atom. The van der Waals surface area contributed by atoms with Crippen molar-refractivity contribution in [3.63, 3.8) is 0 Å². The van der Waals surface area contributed by atoms with E-state index in [-0.39, 0.29) is 17.9 Å². The fourth-order valence-electron chi connectivity index (χ4n) is 3.40. The Morgan fingerprint density at radius 1 is 1.10 bits per heavy atom. The number of aliphatic hydroxyl groups is 1. The maximum absolute atomic E-state index is 13.9. The molecule has 3 aromatic rings. The van der Waals surface area contributed by atoms with Gasteiger partial charge in [-0.15, -0.1) is 0 Å². The number of hydrogen-bond acceptors (Lipinski definition) is 4. The number of carbonyl (C=O) groups is 2. The Kier molecular flexibility index (Phi) is 4.94. The predicted molar refractivity (Wildman–Crippen MR) is 104 cm³/mol. The van der Waals surface area contributed by atoms with Gasteiger partial charge in [0.1, 0.15) is 17.3 Å². The van der Waals surface area contributed by atoms with Crippen LogP contribution in [-0.2, 0) is 16.1 Å². The third-order valence-corrected chi connectivity index (χ3v) is 4.98. The van der Waals surface area contributed by atoms with Crippen LogP contribution in [0.15, 0.2) is 76.9 Å². The Bertz CT molecular complexity index is 1110. The van der Waals surface area contributed by atoms with E-state index in [4.69, 9.17) is 16.0 Å². The number of amides is 1. The molecule has 1 aliphatic heterocycles. The molecule has 0 bridgehead atoms. The van der Waals surface area contributed by atoms with Crippen LogP contribution in [0.1, 0.15) is 22.9 Å². The third-order valence-electron chi connectivity index (χ3n) is 4.73. The van der Waals surface area contributed by atoms with Crippen molar-refractivity contribution in [1.82, 2.24) is 4.90 Å². The van der Waals surface area contributed by atoms with Crippen molar-refractivity contribution in [1.29, 1.82) is 0 Å². The van der Waals surface area contributed by atoms with E-state index < -0.39 is 23.5 Å². The summed E-state index contributed by atoms with van der Waals surface area (Å²) in [7, 11) is 0. The first-order chi connectivity index (χ1) is 14.0. The summed E-state index contributed by atoms with van der Waals surface area (Å²) >= 11 is 5.89. The van der Waals surface area contributed by atoms with Gasteiger partial charge < -0.3 is 14.4 Å². The van der Waals surface area contributed by atoms with Crippen molar-refractivity contribution in [2.75, 3.05) is 0 Å². The number of rotatable bonds is 4. The highest BCUT2D eigenvalue weighted by Crippen LogP contribution is 2.40. The van der Waals surface area contributed by atoms with E-state index in [2.05, 4.69) is 0 Å². The fraction of sp³-hybridized carbons (Fsp3) is 0.0909. The number of carbonyl (C=O) groups excluding carboxylic acids is 2. The number of furan rings is 1. The molecule has 2 heterocycles. The van der Waals surface area contributed by atoms with E-state index >= 15 is 0 Å². The van der Waals surface area contributed by atoms with Crippen LogP contribution in [0.4, 0.5) is 4.39 Å². The van der Waals surface area contributed by atoms with Gasteiger partial charge in [0, 0.05) is 10.6 Å². The Balaban J connectivity index is 1.87. The maximum Gasteiger partial charge on any atom is 0.296 e. The summed E-state index contributed by atoms with van der Waals surface area (Å²) in [6, 6.07) is 14.2. The van der Waals surface area contributed by atoms with Gasteiger partial charge in [-0.25, -0.2) is 4.39 Å². The van der Waals surface area contributed by atoms with Crippen molar-refractivity contribution in [2.45, 2.75) is 12.6 Å². The molecule has 2 aromatic carbocycles. The molecule has 1 aromatic heterocycles. The second kappa shape index (κ2) is 7.56. The summed E-state index contributed by atoms with van der Waals surface area (Å²) in [4.78, 5) is 26.9. The molecule has 1 N–H and O–H groups in total. The molecular formula is C22H15ClFNO4. The van der Waals surface area contributed by atoms with Gasteiger partial charge in [0.05, 0.1) is 24.4 Å². The predicted octanol–water partition coefficient (Wildman–Crippen LogP) is 4.69. The summed E-state index contributed by atoms with van der Waals surface area (Å²) in [5.41, 5.74) is 0.576. The number of benzene rings is 2. The van der Waals surface area contributed by atoms with Gasteiger partial charge in [0.2, 0.25) is 0 Å². The van der Waals surface area contributed by atoms with E-state index in [1.54, 1.807) is 42.5 Å². The lowest BCUT2D eigenvalue weighted by atomic mass is 9.95. The van der Waals surface area contributed by atoms with Gasteiger partial charge in [0.15, 0.2) is 0 Å². The number of halogens is 2. The van der Waals surface area contributed by atoms with Crippen molar-refractivity contribution in [2.24, 2.45) is 0 Å². The molecule has 1 amide bonds. The molecule has 0 radical (unpaired) electrons. The molecule has 1 atom stereocenters. The Labute approximate surface area is 170 Å². The van der Waals surface area contributed by atoms with E-state index in [1.165, 1.54) is 29.4 Å². The second-order valence-electron chi connectivity index (χ2n) is 6.57. The SMILES string of the molecule is O=C1C(=O)N(Cc2ccco2)[C@@H](c2cccc(F)c2)/C1=C(\O)c1ccc(Cl)cc1. The van der Waals surface area contributed by atoms with Crippen LogP contribution < -0.4 is 0 Å². The van der Waals surface area contributed by atoms with Crippen LogP contribution >= 0.6 is 11.6 Å². The van der Waals surface area contributed by atoms with Crippen LogP contribution in [0, 0.1) is 5.82 Å². The quantitative estimate of drug-likeness (QED) is 0.384. The zero-order valence-corrected chi connectivity index (χ0v) is 15.8. The largest absolute Gasteiger partial charge is 0.507 e. The van der Waals surface area contributed by atoms with Crippen LogP contribution in [0.3, 0.4) is 0 Å². The molecule has 5 nitrogen and oxygen atoms in total. The number of ketones is 1. The first-order valence-corrected chi connectivity index (χ1v) is 9.15. The van der Waals surface area contributed by atoms with Crippen molar-refractivity contribution in [3.05, 3.63) is 100 Å². The van der Waals surface area contributed by atoms with Gasteiger partial charge in [0.25, 0.3) is 11.7 Å². The number of aliphatic hydroxyl groups excluding tert-OH is 1. The minimum atomic E-state index is -0.966. The van der Waals surface area contributed by atoms with E-state index in [0.29, 0.717) is 21.9 Å². The van der Waals surface area contributed by atoms with Crippen LogP contribution in [0.5, 0.6) is 0 Å². The van der Waals surface area contributed by atoms with E-state index in [1.807, 2.05) is 0 Å². The molecule has 1 aliphatic rings. The lowest BCUT2D eigenvalue weighted by Crippen LogP contribution is -2.29. The van der Waals surface area contributed by atoms with Gasteiger partial charge in [-0.05, 0) is 54.1 Å². The monoisotopic (exact) mass is 411 g/mol. The summed E-state index contributed by atoms with van der Waals surface area (Å²) in [6.45, 7) is -0.00382. The lowest BCUT2D eigenvalue weighted by Gasteiger charge is -2.24. The lowest BCUT2D eigenvalue weighted by molar-refractivity contribution is -0.140. The van der Waals surface area contributed by atoms with Gasteiger partial charge in [-0.2, -0.15) is 0 Å². The van der Waals surface area contributed by atoms with Crippen molar-refractivity contribution in [3.8, 4) is 0 Å². The summed E-state index contributed by atoms with van der Waals surface area (Å²) in [5.74, 6) is -2.06. The molecule has 0 unspecified atom stereocenters. The molecule has 0 saturated carbocycles. The molecule has 7 heteroatoms. The second-order valence-corrected chi connectivity index (χ2v) is 7.00. The standard InChI is InChI=1S/C22H15ClFNO4/c23-15-8-6-13(7-9-15)20(26)18-19(14-3-1-4-16(24)11-14)25(22(28)21(18)27)12-17-5-2-10-29-17/h1-11,19,26H,12H2/b20-18+/t19-/m0/s1. The summed E-state index contributed by atoms with van der Waals surface area (Å²) < 4.78 is 19.2. The normalized spacial score (nSPS) is 18.4.